The van der Waals surface area contributed by atoms with Crippen LogP contribution < -0.4 is 15.0 Å². The van der Waals surface area contributed by atoms with E-state index in [9.17, 15) is 4.79 Å². The van der Waals surface area contributed by atoms with E-state index in [4.69, 9.17) is 4.74 Å². The zero-order chi connectivity index (χ0) is 22.8. The number of aryl methyl sites for hydroxylation is 2. The molecule has 2 aromatic carbocycles. The molecule has 0 radical (unpaired) electrons. The third-order valence-electron chi connectivity index (χ3n) is 6.09. The Balaban J connectivity index is 1.16. The highest BCUT2D eigenvalue weighted by atomic mass is 16.5. The summed E-state index contributed by atoms with van der Waals surface area (Å²) >= 11 is 0. The van der Waals surface area contributed by atoms with Crippen LogP contribution >= 0.6 is 0 Å². The highest BCUT2D eigenvalue weighted by molar-refractivity contribution is 5.94. The fourth-order valence-corrected chi connectivity index (χ4v) is 4.37. The number of amides is 1. The first-order chi connectivity index (χ1) is 16.1. The standard InChI is InChI=1S/C27H28N4O2/c1-3-24-26(31-16-19(2)8-13-25(31)29-24)27(32)28-14-15-33-23-11-9-22(10-12-23)30-17-20-6-4-5-7-21(20)18-30/h4-13,16H,3,14-15,17-18H2,1-2H3,(H,28,32). The average Bonchev–Trinajstić information content (AvgIpc) is 3.43. The van der Waals surface area contributed by atoms with Crippen LogP contribution in [0, 0.1) is 6.92 Å². The van der Waals surface area contributed by atoms with E-state index >= 15 is 0 Å². The van der Waals surface area contributed by atoms with E-state index in [2.05, 4.69) is 51.6 Å². The number of rotatable bonds is 7. The number of nitrogens with one attached hydrogen (secondary N) is 1. The number of anilines is 1. The molecule has 6 heteroatoms. The van der Waals surface area contributed by atoms with E-state index in [0.29, 0.717) is 25.3 Å². The van der Waals surface area contributed by atoms with E-state index in [1.54, 1.807) is 0 Å². The van der Waals surface area contributed by atoms with E-state index in [1.807, 2.05) is 48.7 Å². The Kier molecular flexibility index (Phi) is 5.73. The van der Waals surface area contributed by atoms with Gasteiger partial charge in [-0.05, 0) is 60.4 Å². The second-order valence-electron chi connectivity index (χ2n) is 8.42. The number of fused-ring (bicyclic) bond motifs is 2. The van der Waals surface area contributed by atoms with Crippen molar-refractivity contribution in [2.24, 2.45) is 0 Å². The van der Waals surface area contributed by atoms with Gasteiger partial charge in [0.15, 0.2) is 0 Å². The summed E-state index contributed by atoms with van der Waals surface area (Å²) in [6.45, 7) is 6.71. The number of benzene rings is 2. The van der Waals surface area contributed by atoms with Crippen LogP contribution in [0.2, 0.25) is 0 Å². The molecule has 0 saturated carbocycles. The molecule has 0 bridgehead atoms. The van der Waals surface area contributed by atoms with Crippen molar-refractivity contribution < 1.29 is 9.53 Å². The van der Waals surface area contributed by atoms with Gasteiger partial charge in [-0.25, -0.2) is 4.98 Å². The molecule has 168 valence electrons. The normalized spacial score (nSPS) is 12.7. The molecule has 0 saturated heterocycles. The van der Waals surface area contributed by atoms with Crippen LogP contribution in [0.4, 0.5) is 5.69 Å². The third-order valence-corrected chi connectivity index (χ3v) is 6.09. The number of ether oxygens (including phenoxy) is 1. The quantitative estimate of drug-likeness (QED) is 0.429. The number of pyridine rings is 1. The van der Waals surface area contributed by atoms with E-state index < -0.39 is 0 Å². The number of carbonyl (C=O) groups excluding carboxylic acids is 1. The Hall–Kier alpha value is -3.80. The van der Waals surface area contributed by atoms with Gasteiger partial charge in [0.05, 0.1) is 12.2 Å². The number of hydrogen-bond donors (Lipinski definition) is 1. The van der Waals surface area contributed by atoms with Crippen LogP contribution in [0.25, 0.3) is 5.65 Å². The lowest BCUT2D eigenvalue weighted by atomic mass is 10.1. The summed E-state index contributed by atoms with van der Waals surface area (Å²) < 4.78 is 7.74. The number of imidazole rings is 1. The Morgan fingerprint density at radius 1 is 1.03 bits per heavy atom. The van der Waals surface area contributed by atoms with Crippen LogP contribution in [0.3, 0.4) is 0 Å². The van der Waals surface area contributed by atoms with Gasteiger partial charge < -0.3 is 15.0 Å². The molecule has 0 unspecified atom stereocenters. The molecule has 5 rings (SSSR count). The molecule has 0 aliphatic carbocycles. The van der Waals surface area contributed by atoms with Gasteiger partial charge in [0.25, 0.3) is 5.91 Å². The van der Waals surface area contributed by atoms with Crippen LogP contribution in [0.5, 0.6) is 5.75 Å². The molecule has 0 atom stereocenters. The van der Waals surface area contributed by atoms with Gasteiger partial charge >= 0.3 is 0 Å². The summed E-state index contributed by atoms with van der Waals surface area (Å²) in [6.07, 6.45) is 2.65. The van der Waals surface area contributed by atoms with Crippen molar-refractivity contribution in [1.29, 1.82) is 0 Å². The Morgan fingerprint density at radius 3 is 2.45 bits per heavy atom. The zero-order valence-corrected chi connectivity index (χ0v) is 19.0. The number of carbonyl (C=O) groups is 1. The Morgan fingerprint density at radius 2 is 1.76 bits per heavy atom. The molecule has 1 aliphatic heterocycles. The molecule has 1 aliphatic rings. The summed E-state index contributed by atoms with van der Waals surface area (Å²) in [7, 11) is 0. The molecule has 4 aromatic rings. The fraction of sp³-hybridized carbons (Fsp3) is 0.259. The third kappa shape index (κ3) is 4.29. The molecular formula is C27H28N4O2. The van der Waals surface area contributed by atoms with Gasteiger partial charge in [0, 0.05) is 25.0 Å². The minimum atomic E-state index is -0.127. The summed E-state index contributed by atoms with van der Waals surface area (Å²) in [5, 5.41) is 2.97. The smallest absolute Gasteiger partial charge is 0.270 e. The van der Waals surface area contributed by atoms with Crippen molar-refractivity contribution in [1.82, 2.24) is 14.7 Å². The first kappa shape index (κ1) is 21.1. The van der Waals surface area contributed by atoms with Crippen LogP contribution in [-0.2, 0) is 19.5 Å². The van der Waals surface area contributed by atoms with Crippen molar-refractivity contribution in [3.8, 4) is 5.75 Å². The van der Waals surface area contributed by atoms with Gasteiger partial charge in [-0.3, -0.25) is 9.20 Å². The zero-order valence-electron chi connectivity index (χ0n) is 19.0. The highest BCUT2D eigenvalue weighted by Crippen LogP contribution is 2.29. The molecular weight excluding hydrogens is 412 g/mol. The average molecular weight is 441 g/mol. The summed E-state index contributed by atoms with van der Waals surface area (Å²) in [5.74, 6) is 0.668. The molecule has 2 aromatic heterocycles. The van der Waals surface area contributed by atoms with Crippen molar-refractivity contribution in [2.45, 2.75) is 33.4 Å². The largest absolute Gasteiger partial charge is 0.492 e. The van der Waals surface area contributed by atoms with Crippen molar-refractivity contribution in [2.75, 3.05) is 18.1 Å². The highest BCUT2D eigenvalue weighted by Gasteiger charge is 2.19. The molecule has 6 nitrogen and oxygen atoms in total. The van der Waals surface area contributed by atoms with E-state index in [1.165, 1.54) is 16.8 Å². The number of aromatic nitrogens is 2. The van der Waals surface area contributed by atoms with E-state index in [0.717, 1.165) is 35.7 Å². The second kappa shape index (κ2) is 8.98. The summed E-state index contributed by atoms with van der Waals surface area (Å²) in [4.78, 5) is 19.8. The molecule has 3 heterocycles. The molecule has 33 heavy (non-hydrogen) atoms. The van der Waals surface area contributed by atoms with Crippen LogP contribution in [0.1, 0.15) is 39.8 Å². The van der Waals surface area contributed by atoms with Crippen molar-refractivity contribution in [3.05, 3.63) is 94.9 Å². The first-order valence-electron chi connectivity index (χ1n) is 11.4. The molecule has 1 N–H and O–H groups in total. The SMILES string of the molecule is CCc1nc2ccc(C)cn2c1C(=O)NCCOc1ccc(N2Cc3ccccc3C2)cc1. The van der Waals surface area contributed by atoms with Gasteiger partial charge in [-0.2, -0.15) is 0 Å². The summed E-state index contributed by atoms with van der Waals surface area (Å²) in [6, 6.07) is 20.7. The lowest BCUT2D eigenvalue weighted by Gasteiger charge is -2.18. The lowest BCUT2D eigenvalue weighted by molar-refractivity contribution is 0.0940. The van der Waals surface area contributed by atoms with Gasteiger partial charge in [0.2, 0.25) is 0 Å². The Labute approximate surface area is 193 Å². The van der Waals surface area contributed by atoms with Gasteiger partial charge in [-0.1, -0.05) is 37.3 Å². The first-order valence-corrected chi connectivity index (χ1v) is 11.4. The van der Waals surface area contributed by atoms with Crippen LogP contribution in [-0.4, -0.2) is 28.4 Å². The van der Waals surface area contributed by atoms with Crippen LogP contribution in [0.15, 0.2) is 66.9 Å². The van der Waals surface area contributed by atoms with Gasteiger partial charge in [0.1, 0.15) is 23.7 Å². The predicted octanol–water partition coefficient (Wildman–Crippen LogP) is 4.53. The monoisotopic (exact) mass is 440 g/mol. The maximum Gasteiger partial charge on any atom is 0.270 e. The van der Waals surface area contributed by atoms with Gasteiger partial charge in [-0.15, -0.1) is 0 Å². The maximum atomic E-state index is 12.9. The maximum absolute atomic E-state index is 12.9. The fourth-order valence-electron chi connectivity index (χ4n) is 4.37. The molecule has 0 spiro atoms. The predicted molar refractivity (Wildman–Crippen MR) is 130 cm³/mol. The lowest BCUT2D eigenvalue weighted by Crippen LogP contribution is -2.29. The van der Waals surface area contributed by atoms with Crippen molar-refractivity contribution in [3.63, 3.8) is 0 Å². The molecule has 1 amide bonds. The number of nitrogens with zero attached hydrogens (tertiary/aromatic N) is 3. The minimum Gasteiger partial charge on any atom is -0.492 e. The summed E-state index contributed by atoms with van der Waals surface area (Å²) in [5.41, 5.74) is 7.25. The number of hydrogen-bond acceptors (Lipinski definition) is 4. The minimum absolute atomic E-state index is 0.127. The van der Waals surface area contributed by atoms with E-state index in [-0.39, 0.29) is 5.91 Å². The topological polar surface area (TPSA) is 58.9 Å². The van der Waals surface area contributed by atoms with Crippen molar-refractivity contribution >= 4 is 17.2 Å². The Bertz CT molecular complexity index is 1270. The molecule has 0 fully saturated rings. The second-order valence-corrected chi connectivity index (χ2v) is 8.42.